The zero-order valence-electron chi connectivity index (χ0n) is 62.8. The second-order valence-electron chi connectivity index (χ2n) is 28.3. The number of nitrogens with two attached hydrogens (primary N) is 1. The second-order valence-corrected chi connectivity index (χ2v) is 30.8. The van der Waals surface area contributed by atoms with Crippen molar-refractivity contribution in [1.29, 1.82) is 1.34 Å². The number of benzene rings is 13. The molecular weight excluding hydrogens is 1500 g/mol. The minimum Gasteiger partial charge on any atom is -0.310 e. The van der Waals surface area contributed by atoms with Gasteiger partial charge in [0, 0.05) is 65.8 Å². The van der Waals surface area contributed by atoms with Gasteiger partial charge in [0.1, 0.15) is 0 Å². The van der Waals surface area contributed by atoms with Crippen LogP contribution in [0, 0.1) is 0 Å². The fraction of sp³-hybridized carbons (Fsp3) is 0.155. The van der Waals surface area contributed by atoms with Gasteiger partial charge in [0.25, 0.3) is 0 Å². The monoisotopic (exact) mass is 1590 g/mol. The summed E-state index contributed by atoms with van der Waals surface area (Å²) in [6.07, 6.45) is 20.7. The maximum Gasteiger partial charge on any atom is 0.0464 e. The van der Waals surface area contributed by atoms with Gasteiger partial charge in [-0.05, 0) is 341 Å². The molecule has 0 bridgehead atoms. The van der Waals surface area contributed by atoms with Gasteiger partial charge < -0.3 is 30.5 Å². The van der Waals surface area contributed by atoms with Crippen LogP contribution in [0.1, 0.15) is 89.0 Å². The summed E-state index contributed by atoms with van der Waals surface area (Å²) in [7, 11) is -0.571. The Hall–Kier alpha value is -10.4. The van der Waals surface area contributed by atoms with Crippen LogP contribution < -0.4 is 25.9 Å². The first-order chi connectivity index (χ1) is 54.3. The maximum absolute atomic E-state index is 10.9. The predicted molar refractivity (Wildman–Crippen MR) is 473 cm³/mol. The molecule has 7 nitrogen and oxygen atoms in total. The number of nitrogen functional groups attached to an aromatic ring is 1. The Balaban J connectivity index is 0.000000116. The van der Waals surface area contributed by atoms with Gasteiger partial charge in [-0.2, -0.15) is 0 Å². The first-order valence-corrected chi connectivity index (χ1v) is 40.4. The Bertz CT molecular complexity index is 5260. The van der Waals surface area contributed by atoms with Gasteiger partial charge in [-0.3, -0.25) is 0 Å². The van der Waals surface area contributed by atoms with Gasteiger partial charge in [0.05, 0.1) is 0 Å². The SMILES string of the molecule is Brc1ccc(N(c2ccc3c(c2)CC3)c2ccc3c(c2)CC3)cc1.Brc1ccc2c(c1)CC2.C=Cc1ccc(-c2ccc(N(c3ccc4c(c3)CC4)c3ccc4c(c3)CC4)cc2)cc1.C=Cc1ccc(B(O)O)cc1.Nc1ccccc1.[2H]B=NSCF.c1ccc(N(c2ccc3c(c2)CC3)c2ccc3c(c2)CC3)cc1. The van der Waals surface area contributed by atoms with Crippen molar-refractivity contribution in [3.05, 3.63) is 396 Å². The van der Waals surface area contributed by atoms with E-state index in [1.165, 1.54) is 235 Å². The average molecular weight is 1590 g/mol. The number of anilines is 10. The number of halogens is 3. The molecule has 0 aliphatic heterocycles. The molecule has 0 heterocycles. The van der Waals surface area contributed by atoms with E-state index in [0.717, 1.165) is 40.8 Å². The van der Waals surface area contributed by atoms with Gasteiger partial charge in [-0.15, -0.1) is 0 Å². The fourth-order valence-electron chi connectivity index (χ4n) is 14.5. The zero-order valence-corrected chi connectivity index (χ0v) is 65.8. The van der Waals surface area contributed by atoms with Crippen LogP contribution in [0.5, 0.6) is 0 Å². The smallest absolute Gasteiger partial charge is 0.0464 e. The molecule has 0 spiro atoms. The molecule has 0 atom stereocenters. The van der Waals surface area contributed by atoms with E-state index < -0.39 is 13.1 Å². The molecule has 0 aromatic heterocycles. The van der Waals surface area contributed by atoms with E-state index >= 15 is 0 Å². The molecule has 0 fully saturated rings. The third-order valence-corrected chi connectivity index (χ3v) is 22.9. The van der Waals surface area contributed by atoms with Gasteiger partial charge in [0.2, 0.25) is 0 Å². The van der Waals surface area contributed by atoms with Gasteiger partial charge >= 0.3 is 42.7 Å². The number of fused-ring (bicyclic) bond motifs is 7. The molecule has 0 saturated heterocycles. The Morgan fingerprint density at radius 2 is 0.636 bits per heavy atom. The second kappa shape index (κ2) is 36.4. The molecule has 546 valence electrons. The number of alkyl halides is 1. The zero-order chi connectivity index (χ0) is 76.6. The van der Waals surface area contributed by atoms with Crippen LogP contribution in [0.3, 0.4) is 0 Å². The summed E-state index contributed by atoms with van der Waals surface area (Å²) in [5.41, 5.74) is 43.5. The number of rotatable bonds is 15. The molecule has 0 unspecified atom stereocenters. The Morgan fingerprint density at radius 1 is 0.364 bits per heavy atom. The minimum atomic E-state index is -1.38. The summed E-state index contributed by atoms with van der Waals surface area (Å²) in [6, 6.07) is 101. The van der Waals surface area contributed by atoms with Crippen LogP contribution in [0.4, 0.5) is 61.3 Å². The van der Waals surface area contributed by atoms with E-state index in [1.807, 2.05) is 36.4 Å². The van der Waals surface area contributed by atoms with Crippen LogP contribution in [-0.2, 0) is 89.9 Å². The van der Waals surface area contributed by atoms with Crippen molar-refractivity contribution in [3.8, 4) is 11.1 Å². The standard InChI is InChI=1S/C30H25N.C22H18BrN.C22H19N.C8H9BO2.C8H7Br.C6H7N.CH3BFNS/c1-2-21-3-5-22(6-4-21)23-11-15-28(16-12-23)31(29-17-13-24-7-9-26(24)19-29)30-18-14-25-8-10-27(25)20-30;23-19-7-11-20(12-8-19)24(21-9-5-15-1-3-17(15)13-21)22-10-6-16-2-4-18(16)14-22;1-2-4-20(5-3-1)23(21-12-10-16-6-8-18(16)14-21)22-13-11-17-7-9-19(17)15-22;1-2-7-3-5-8(6-4-7)9(10)11;9-8-4-3-6-1-2-7(6)5-8;7-6-4-2-1-3-5-6;2-4-5-1-3/h2-6,11-20H,1,7-10H2;5-14H,1-4H2;1-5,10-15H,6-9H2;2-6,10-11H,1H2;3-5H,1-2H2;1-5H,7H2;2H,1H2/i;;;;;;2D. The fourth-order valence-corrected chi connectivity index (χ4v) is 15.2. The predicted octanol–water partition coefficient (Wildman–Crippen LogP) is 23.6. The molecule has 7 aliphatic carbocycles. The van der Waals surface area contributed by atoms with Crippen molar-refractivity contribution in [1.82, 2.24) is 0 Å². The summed E-state index contributed by atoms with van der Waals surface area (Å²) in [6.45, 7) is 7.43. The molecule has 13 heteroatoms. The third-order valence-electron chi connectivity index (χ3n) is 21.6. The van der Waals surface area contributed by atoms with Crippen LogP contribution in [-0.4, -0.2) is 32.1 Å². The van der Waals surface area contributed by atoms with Crippen molar-refractivity contribution in [3.63, 3.8) is 0 Å². The molecule has 0 saturated carbocycles. The molecule has 13 aromatic carbocycles. The number of aryl methyl sites for hydroxylation is 14. The van der Waals surface area contributed by atoms with Crippen molar-refractivity contribution < 1.29 is 14.4 Å². The van der Waals surface area contributed by atoms with Crippen LogP contribution >= 0.6 is 43.8 Å². The van der Waals surface area contributed by atoms with Crippen LogP contribution in [0.15, 0.2) is 312 Å². The van der Waals surface area contributed by atoms with Gasteiger partial charge in [-0.25, -0.2) is 0 Å². The molecular formula is C97H88B2Br2FN5O2S. The van der Waals surface area contributed by atoms with Crippen molar-refractivity contribution >= 4 is 133 Å². The first kappa shape index (κ1) is 75.1. The summed E-state index contributed by atoms with van der Waals surface area (Å²) >= 11 is 7.70. The largest absolute Gasteiger partial charge is 0.310 e. The molecule has 7 aliphatic rings. The first-order valence-electron chi connectivity index (χ1n) is 38.4. The van der Waals surface area contributed by atoms with E-state index in [2.05, 4.69) is 295 Å². The van der Waals surface area contributed by atoms with Gasteiger partial charge in [0.15, 0.2) is 0 Å². The van der Waals surface area contributed by atoms with Crippen molar-refractivity contribution in [2.75, 3.05) is 26.4 Å². The van der Waals surface area contributed by atoms with E-state index in [1.54, 1.807) is 30.3 Å². The topological polar surface area (TPSA) is 88.6 Å². The number of para-hydroxylation sites is 2. The summed E-state index contributed by atoms with van der Waals surface area (Å²) in [4.78, 5) is 7.17. The number of nitrogens with zero attached hydrogens (tertiary/aromatic N) is 4. The third kappa shape index (κ3) is 18.6. The van der Waals surface area contributed by atoms with E-state index in [4.69, 9.17) is 17.1 Å². The quantitative estimate of drug-likeness (QED) is 0.0535. The van der Waals surface area contributed by atoms with Crippen LogP contribution in [0.2, 0.25) is 0 Å². The number of hydrogen-bond donors (Lipinski definition) is 3. The van der Waals surface area contributed by atoms with Gasteiger partial charge in [-0.1, -0.05) is 197 Å². The van der Waals surface area contributed by atoms with E-state index in [9.17, 15) is 4.39 Å². The van der Waals surface area contributed by atoms with E-state index in [-0.39, 0.29) is 0 Å². The maximum atomic E-state index is 10.9. The van der Waals surface area contributed by atoms with E-state index in [0.29, 0.717) is 5.46 Å². The van der Waals surface area contributed by atoms with Crippen molar-refractivity contribution in [2.24, 2.45) is 4.30 Å². The van der Waals surface area contributed by atoms with Crippen LogP contribution in [0.25, 0.3) is 23.3 Å². The molecule has 13 aromatic rings. The molecule has 0 radical (unpaired) electrons. The molecule has 20 rings (SSSR count). The Morgan fingerprint density at radius 3 is 0.891 bits per heavy atom. The average Bonchev–Trinajstić information content (AvgIpc) is 0.777. The Kier molecular flexibility index (Phi) is 24.9. The minimum absolute atomic E-state index is 0.496. The molecule has 0 amide bonds. The van der Waals surface area contributed by atoms with Crippen molar-refractivity contribution in [2.45, 2.75) is 89.9 Å². The number of hydrogen-bond acceptors (Lipinski definition) is 8. The summed E-state index contributed by atoms with van der Waals surface area (Å²) in [5.74, 6) is 0. The molecule has 4 N–H and O–H groups in total. The Labute approximate surface area is 671 Å². The summed E-state index contributed by atoms with van der Waals surface area (Å²) in [5, 5.41) is 17.4. The molecule has 110 heavy (non-hydrogen) atoms. The summed E-state index contributed by atoms with van der Waals surface area (Å²) < 4.78 is 22.7. The normalized spacial score (nSPS) is 13.0.